The van der Waals surface area contributed by atoms with Crippen molar-refractivity contribution in [2.45, 2.75) is 91.8 Å². The Morgan fingerprint density at radius 3 is 2.22 bits per heavy atom. The Kier molecular flexibility index (Phi) is 17.0. The Balaban J connectivity index is 0.00000900. The summed E-state index contributed by atoms with van der Waals surface area (Å²) in [6.07, 6.45) is 7.84. The summed E-state index contributed by atoms with van der Waals surface area (Å²) in [6, 6.07) is 8.24. The van der Waals surface area contributed by atoms with Gasteiger partial charge in [-0.05, 0) is 103 Å². The van der Waals surface area contributed by atoms with Gasteiger partial charge in [0, 0.05) is 48.7 Å². The minimum absolute atomic E-state index is 0. The number of anilines is 2. The molecule has 2 amide bonds. The van der Waals surface area contributed by atoms with E-state index in [0.29, 0.717) is 65.4 Å². The molecule has 1 unspecified atom stereocenters. The maximum Gasteiger partial charge on any atom is 0.407 e. The molecule has 0 aliphatic rings. The lowest BCUT2D eigenvalue weighted by molar-refractivity contribution is -0.903. The Bertz CT molecular complexity index is 2030. The van der Waals surface area contributed by atoms with Gasteiger partial charge in [-0.2, -0.15) is 4.39 Å². The topological polar surface area (TPSA) is 145 Å². The first kappa shape index (κ1) is 47.5. The molecule has 318 valence electrons. The number of methoxy groups -OCH3 is 1. The van der Waals surface area contributed by atoms with Gasteiger partial charge in [-0.3, -0.25) is 9.20 Å². The molecule has 4 aromatic rings. The second kappa shape index (κ2) is 20.7. The summed E-state index contributed by atoms with van der Waals surface area (Å²) in [5.41, 5.74) is 1.69. The van der Waals surface area contributed by atoms with Crippen molar-refractivity contribution in [2.24, 2.45) is 0 Å². The first-order chi connectivity index (χ1) is 26.8. The van der Waals surface area contributed by atoms with E-state index in [1.807, 2.05) is 61.6 Å². The number of alkyl carbamates (subject to hydrolysis) is 1. The molecule has 0 saturated carbocycles. The van der Waals surface area contributed by atoms with Crippen LogP contribution in [0.4, 0.5) is 25.1 Å². The summed E-state index contributed by atoms with van der Waals surface area (Å²) >= 11 is 0. The van der Waals surface area contributed by atoms with Crippen molar-refractivity contribution in [3.63, 3.8) is 0 Å². The number of hydrogen-bond acceptors (Lipinski definition) is 9. The van der Waals surface area contributed by atoms with E-state index >= 15 is 0 Å². The second-order valence-electron chi connectivity index (χ2n) is 16.3. The predicted molar refractivity (Wildman–Crippen MR) is 216 cm³/mol. The molecule has 0 spiro atoms. The fourth-order valence-corrected chi connectivity index (χ4v) is 6.43. The molecule has 0 bridgehead atoms. The van der Waals surface area contributed by atoms with Crippen molar-refractivity contribution in [1.82, 2.24) is 25.0 Å². The van der Waals surface area contributed by atoms with Gasteiger partial charge in [-0.15, -0.1) is 0 Å². The van der Waals surface area contributed by atoms with E-state index in [0.717, 1.165) is 31.4 Å². The maximum atomic E-state index is 14.9. The van der Waals surface area contributed by atoms with Crippen molar-refractivity contribution in [3.8, 4) is 17.0 Å². The van der Waals surface area contributed by atoms with Crippen molar-refractivity contribution in [1.29, 1.82) is 0 Å². The van der Waals surface area contributed by atoms with Crippen LogP contribution < -0.4 is 37.7 Å². The summed E-state index contributed by atoms with van der Waals surface area (Å²) < 4.78 is 47.4. The van der Waals surface area contributed by atoms with E-state index in [1.165, 1.54) is 31.6 Å². The quantitative estimate of drug-likeness (QED) is 0.0743. The zero-order chi connectivity index (χ0) is 42.0. The number of halogens is 3. The Labute approximate surface area is 350 Å². The first-order valence-electron chi connectivity index (χ1n) is 19.4. The number of carbonyl (C=O) groups excluding carboxylic acids is 3. The number of likely N-dealkylation sites (N-methyl/N-ethyl adjacent to an activating group) is 1. The molecule has 3 N–H and O–H groups in total. The fraction of sp³-hybridized carbons (Fsp3) is 0.500. The number of amides is 2. The lowest BCUT2D eigenvalue weighted by Gasteiger charge is -2.35. The molecule has 0 radical (unpaired) electrons. The van der Waals surface area contributed by atoms with Gasteiger partial charge in [0.25, 0.3) is 5.91 Å². The average molecular weight is 875 g/mol. The molecule has 4 rings (SSSR count). The predicted octanol–water partition coefficient (Wildman–Crippen LogP) is 4.60. The number of unbranched alkanes of at least 4 members (excludes halogenated alkanes) is 2. The number of quaternary nitrogens is 1. The molecule has 2 aromatic heterocycles. The normalized spacial score (nSPS) is 12.6. The first-order valence-corrected chi connectivity index (χ1v) is 19.4. The summed E-state index contributed by atoms with van der Waals surface area (Å²) in [5, 5.41) is 9.09. The monoisotopic (exact) mass is 873 g/mol. The smallest absolute Gasteiger partial charge is 0.407 e. The summed E-state index contributed by atoms with van der Waals surface area (Å²) in [4.78, 5) is 47.0. The zero-order valence-corrected chi connectivity index (χ0v) is 36.6. The van der Waals surface area contributed by atoms with Crippen LogP contribution in [-0.2, 0) is 20.7 Å². The highest BCUT2D eigenvalue weighted by molar-refractivity contribution is 5.96. The molecule has 0 saturated heterocycles. The van der Waals surface area contributed by atoms with Crippen LogP contribution in [0.25, 0.3) is 16.9 Å². The Morgan fingerprint density at radius 2 is 1.55 bits per heavy atom. The molecular weight excluding hydrogens is 816 g/mol. The third kappa shape index (κ3) is 13.6. The number of hydrogen-bond donors (Lipinski definition) is 3. The van der Waals surface area contributed by atoms with Crippen molar-refractivity contribution in [3.05, 3.63) is 71.7 Å². The number of aryl methyl sites for hydroxylation is 1. The highest BCUT2D eigenvalue weighted by atomic mass is 79.9. The molecule has 1 atom stereocenters. The van der Waals surface area contributed by atoms with Gasteiger partial charge in [0.15, 0.2) is 29.6 Å². The summed E-state index contributed by atoms with van der Waals surface area (Å²) in [7, 11) is 3.30. The average Bonchev–Trinajstić information content (AvgIpc) is 3.56. The van der Waals surface area contributed by atoms with E-state index in [4.69, 9.17) is 14.2 Å². The van der Waals surface area contributed by atoms with Crippen molar-refractivity contribution in [2.75, 3.05) is 52.2 Å². The number of imidazole rings is 1. The van der Waals surface area contributed by atoms with Gasteiger partial charge >= 0.3 is 12.1 Å². The molecule has 13 nitrogen and oxygen atoms in total. The van der Waals surface area contributed by atoms with E-state index < -0.39 is 28.9 Å². The van der Waals surface area contributed by atoms with E-state index in [9.17, 15) is 23.2 Å². The van der Waals surface area contributed by atoms with Gasteiger partial charge in [0.1, 0.15) is 11.2 Å². The molecule has 58 heavy (non-hydrogen) atoms. The lowest BCUT2D eigenvalue weighted by Crippen LogP contribution is -3.00. The van der Waals surface area contributed by atoms with Crippen molar-refractivity contribution < 1.29 is 58.8 Å². The largest absolute Gasteiger partial charge is 1.00 e. The van der Waals surface area contributed by atoms with Crippen LogP contribution in [0.5, 0.6) is 5.75 Å². The van der Waals surface area contributed by atoms with Crippen LogP contribution >= 0.6 is 0 Å². The summed E-state index contributed by atoms with van der Waals surface area (Å²) in [5.74, 6) is -2.36. The van der Waals surface area contributed by atoms with Gasteiger partial charge in [0.2, 0.25) is 5.82 Å². The highest BCUT2D eigenvalue weighted by Gasteiger charge is 2.29. The van der Waals surface area contributed by atoms with Gasteiger partial charge < -0.3 is 51.6 Å². The maximum absolute atomic E-state index is 14.9. The molecule has 0 fully saturated rings. The number of esters is 1. The van der Waals surface area contributed by atoms with Gasteiger partial charge in [-0.1, -0.05) is 6.92 Å². The number of carbonyl (C=O) groups is 3. The Hall–Kier alpha value is -4.83. The summed E-state index contributed by atoms with van der Waals surface area (Å²) in [6.45, 7) is 15.5. The number of nitrogens with zero attached hydrogens (tertiary/aromatic N) is 4. The SMILES string of the molecule is CCc1cc(Nc2nccn3c(-c4ccc(OC)c(F)c4F)cnc23)ccc1C(=O)NCCCCC[N+](C)(CCCNC(=O)OC(C)(C)C)CC(=O)OC(C)(C)C.[Br-]. The van der Waals surface area contributed by atoms with Crippen LogP contribution in [-0.4, -0.2) is 94.9 Å². The third-order valence-corrected chi connectivity index (χ3v) is 9.10. The molecule has 0 aliphatic heterocycles. The molecule has 2 heterocycles. The molecular formula is C42H58BrF2N7O6. The lowest BCUT2D eigenvalue weighted by atomic mass is 10.0. The van der Waals surface area contributed by atoms with Crippen molar-refractivity contribution >= 4 is 35.1 Å². The molecule has 0 aliphatic carbocycles. The number of nitrogens with one attached hydrogen (secondary N) is 3. The fourth-order valence-electron chi connectivity index (χ4n) is 6.43. The van der Waals surface area contributed by atoms with Crippen LogP contribution in [0, 0.1) is 11.6 Å². The highest BCUT2D eigenvalue weighted by Crippen LogP contribution is 2.32. The van der Waals surface area contributed by atoms with Gasteiger partial charge in [-0.25, -0.2) is 23.9 Å². The van der Waals surface area contributed by atoms with E-state index in [2.05, 4.69) is 25.9 Å². The van der Waals surface area contributed by atoms with E-state index in [1.54, 1.807) is 22.7 Å². The molecule has 2 aromatic carbocycles. The molecule has 16 heteroatoms. The zero-order valence-electron chi connectivity index (χ0n) is 35.1. The third-order valence-electron chi connectivity index (χ3n) is 9.10. The minimum atomic E-state index is -1.08. The standard InChI is InChI=1S/C42H57F2N7O6.BrH/c1-10-28-25-29(49-37-38-48-26-32(50(38)22-21-45-37)31-17-18-33(55-9)36(44)35(31)43)15-16-30(28)39(53)46-19-12-11-13-23-51(8,27-34(52)56-41(2,3)4)24-14-20-47-40(54)57-42(5,6)7;/h15-18,21-22,25-26H,10-14,19-20,23-24,27H2,1-9H3,(H2-,45,46,47,49,53,54);1H. The minimum Gasteiger partial charge on any atom is -1.00 e. The number of benzene rings is 2. The van der Waals surface area contributed by atoms with Gasteiger partial charge in [0.05, 0.1) is 39.1 Å². The number of rotatable bonds is 18. The van der Waals surface area contributed by atoms with Crippen LogP contribution in [0.1, 0.15) is 90.1 Å². The number of aromatic nitrogens is 3. The second-order valence-corrected chi connectivity index (χ2v) is 16.3. The number of ether oxygens (including phenoxy) is 3. The van der Waals surface area contributed by atoms with Crippen LogP contribution in [0.15, 0.2) is 48.9 Å². The van der Waals surface area contributed by atoms with Crippen LogP contribution in [0.2, 0.25) is 0 Å². The van der Waals surface area contributed by atoms with Crippen LogP contribution in [0.3, 0.4) is 0 Å². The van der Waals surface area contributed by atoms with E-state index in [-0.39, 0.29) is 46.7 Å². The number of fused-ring (bicyclic) bond motifs is 1. The Morgan fingerprint density at radius 1 is 0.862 bits per heavy atom.